The maximum absolute atomic E-state index is 13.3. The van der Waals surface area contributed by atoms with Gasteiger partial charge in [0.25, 0.3) is 0 Å². The summed E-state index contributed by atoms with van der Waals surface area (Å²) in [4.78, 5) is 11.5. The molecular formula is C18H23N2O6P. The van der Waals surface area contributed by atoms with Gasteiger partial charge in [0.05, 0.1) is 13.2 Å². The molecule has 1 aliphatic heterocycles. The molecule has 1 aliphatic rings. The van der Waals surface area contributed by atoms with Gasteiger partial charge >= 0.3 is 7.60 Å². The van der Waals surface area contributed by atoms with E-state index in [1.165, 1.54) is 6.92 Å². The molecule has 8 nitrogen and oxygen atoms in total. The van der Waals surface area contributed by atoms with Crippen molar-refractivity contribution in [2.75, 3.05) is 20.0 Å². The second kappa shape index (κ2) is 8.25. The van der Waals surface area contributed by atoms with Crippen LogP contribution in [-0.2, 0) is 24.8 Å². The number of hydrogen-bond acceptors (Lipinski definition) is 7. The van der Waals surface area contributed by atoms with Crippen molar-refractivity contribution >= 4 is 18.8 Å². The molecule has 0 spiro atoms. The number of aromatic amines is 1. The van der Waals surface area contributed by atoms with Crippen LogP contribution in [0.4, 0.5) is 0 Å². The van der Waals surface area contributed by atoms with Gasteiger partial charge in [-0.05, 0) is 44.9 Å². The summed E-state index contributed by atoms with van der Waals surface area (Å²) < 4.78 is 35.1. The Labute approximate surface area is 157 Å². The Morgan fingerprint density at radius 3 is 2.59 bits per heavy atom. The number of nitrogens with one attached hydrogen (secondary N) is 1. The third-order valence-electron chi connectivity index (χ3n) is 4.07. The lowest BCUT2D eigenvalue weighted by atomic mass is 10.0. The van der Waals surface area contributed by atoms with Crippen LogP contribution in [0.2, 0.25) is 0 Å². The van der Waals surface area contributed by atoms with Crippen LogP contribution in [0.1, 0.15) is 32.9 Å². The normalized spacial score (nSPS) is 13.1. The van der Waals surface area contributed by atoms with Crippen LogP contribution in [-0.4, -0.2) is 36.0 Å². The molecule has 27 heavy (non-hydrogen) atoms. The minimum Gasteiger partial charge on any atom is -0.454 e. The van der Waals surface area contributed by atoms with Crippen LogP contribution in [0.3, 0.4) is 0 Å². The average molecular weight is 394 g/mol. The second-order valence-corrected chi connectivity index (χ2v) is 7.94. The minimum atomic E-state index is -3.62. The fraction of sp³-hybridized carbons (Fsp3) is 0.444. The minimum absolute atomic E-state index is 0.0561. The molecule has 0 saturated heterocycles. The second-order valence-electron chi connectivity index (χ2n) is 6.00. The molecule has 9 heteroatoms. The Morgan fingerprint density at radius 1 is 1.22 bits per heavy atom. The van der Waals surface area contributed by atoms with E-state index in [2.05, 4.69) is 10.2 Å². The molecule has 2 aromatic rings. The number of ether oxygens (including phenoxy) is 2. The highest BCUT2D eigenvalue weighted by Gasteiger charge is 2.35. The summed E-state index contributed by atoms with van der Waals surface area (Å²) in [7, 11) is -3.62. The number of fused-ring (bicyclic) bond motifs is 1. The maximum Gasteiger partial charge on any atom is 0.382 e. The SMILES string of the molecule is CCOP(=O)(OCC)c1n[nH]c(CCC(C)=O)c1-c1ccc2c(c1)OCO2. The number of H-pyrrole nitrogens is 1. The molecule has 0 fully saturated rings. The van der Waals surface area contributed by atoms with E-state index in [0.717, 1.165) is 5.56 Å². The first-order chi connectivity index (χ1) is 13.0. The summed E-state index contributed by atoms with van der Waals surface area (Å²) in [6, 6.07) is 5.42. The van der Waals surface area contributed by atoms with Gasteiger partial charge in [-0.1, -0.05) is 6.07 Å². The van der Waals surface area contributed by atoms with E-state index in [1.54, 1.807) is 26.0 Å². The van der Waals surface area contributed by atoms with Crippen LogP contribution in [0.5, 0.6) is 11.5 Å². The summed E-state index contributed by atoms with van der Waals surface area (Å²) in [6.45, 7) is 5.61. The van der Waals surface area contributed by atoms with E-state index in [4.69, 9.17) is 18.5 Å². The summed E-state index contributed by atoms with van der Waals surface area (Å²) in [6.07, 6.45) is 0.775. The van der Waals surface area contributed by atoms with Crippen molar-refractivity contribution in [1.29, 1.82) is 0 Å². The van der Waals surface area contributed by atoms with E-state index in [-0.39, 0.29) is 31.2 Å². The quantitative estimate of drug-likeness (QED) is 0.652. The first kappa shape index (κ1) is 19.6. The molecule has 0 aliphatic carbocycles. The lowest BCUT2D eigenvalue weighted by Crippen LogP contribution is -2.14. The standard InChI is InChI=1S/C18H23N2O6P/c1-4-25-27(22,26-5-2)18-17(14(19-20-18)8-6-12(3)21)13-7-9-15-16(10-13)24-11-23-15/h7,9-10H,4-6,8,11H2,1-3H3,(H,19,20). The summed E-state index contributed by atoms with van der Waals surface area (Å²) in [5, 5.41) is 7.16. The number of nitrogens with zero attached hydrogens (tertiary/aromatic N) is 1. The van der Waals surface area contributed by atoms with Crippen molar-refractivity contribution in [3.63, 3.8) is 0 Å². The van der Waals surface area contributed by atoms with Gasteiger partial charge < -0.3 is 23.3 Å². The highest BCUT2D eigenvalue weighted by Crippen LogP contribution is 2.49. The zero-order valence-corrected chi connectivity index (χ0v) is 16.5. The molecular weight excluding hydrogens is 371 g/mol. The number of aryl methyl sites for hydroxylation is 1. The van der Waals surface area contributed by atoms with Crippen LogP contribution in [0, 0.1) is 0 Å². The van der Waals surface area contributed by atoms with E-state index in [1.807, 2.05) is 6.07 Å². The number of benzene rings is 1. The van der Waals surface area contributed by atoms with Crippen molar-refractivity contribution in [2.45, 2.75) is 33.6 Å². The summed E-state index contributed by atoms with van der Waals surface area (Å²) >= 11 is 0. The Kier molecular flexibility index (Phi) is 5.99. The molecule has 0 unspecified atom stereocenters. The summed E-state index contributed by atoms with van der Waals surface area (Å²) in [5.74, 6) is 1.30. The highest BCUT2D eigenvalue weighted by atomic mass is 31.2. The Bertz CT molecular complexity index is 869. The molecule has 1 N–H and O–H groups in total. The zero-order chi connectivity index (χ0) is 19.4. The van der Waals surface area contributed by atoms with Crippen LogP contribution in [0.25, 0.3) is 11.1 Å². The largest absolute Gasteiger partial charge is 0.454 e. The maximum atomic E-state index is 13.3. The third kappa shape index (κ3) is 4.08. The Balaban J connectivity index is 2.11. The van der Waals surface area contributed by atoms with Crippen molar-refractivity contribution < 1.29 is 27.9 Å². The molecule has 2 heterocycles. The number of ketones is 1. The van der Waals surface area contributed by atoms with E-state index in [9.17, 15) is 9.36 Å². The Morgan fingerprint density at radius 2 is 1.93 bits per heavy atom. The molecule has 146 valence electrons. The predicted octanol–water partition coefficient (Wildman–Crippen LogP) is 3.22. The van der Waals surface area contributed by atoms with Crippen LogP contribution >= 0.6 is 7.60 Å². The molecule has 0 saturated carbocycles. The molecule has 1 aromatic carbocycles. The molecule has 0 amide bonds. The van der Waals surface area contributed by atoms with Gasteiger partial charge in [0.1, 0.15) is 5.78 Å². The number of aromatic nitrogens is 2. The van der Waals surface area contributed by atoms with Gasteiger partial charge in [0, 0.05) is 17.7 Å². The number of Topliss-reactive ketones (excluding diaryl/α,β-unsaturated/α-hetero) is 1. The lowest BCUT2D eigenvalue weighted by Gasteiger charge is -2.17. The van der Waals surface area contributed by atoms with Gasteiger partial charge in [0.2, 0.25) is 6.79 Å². The van der Waals surface area contributed by atoms with Crippen molar-refractivity contribution in [3.8, 4) is 22.6 Å². The van der Waals surface area contributed by atoms with Crippen molar-refractivity contribution in [1.82, 2.24) is 10.2 Å². The van der Waals surface area contributed by atoms with E-state index < -0.39 is 7.60 Å². The van der Waals surface area contributed by atoms with Crippen LogP contribution in [0.15, 0.2) is 18.2 Å². The van der Waals surface area contributed by atoms with Gasteiger partial charge in [0.15, 0.2) is 16.9 Å². The average Bonchev–Trinajstić information content (AvgIpc) is 3.26. The van der Waals surface area contributed by atoms with E-state index in [0.29, 0.717) is 35.6 Å². The fourth-order valence-electron chi connectivity index (χ4n) is 2.90. The molecule has 0 radical (unpaired) electrons. The topological polar surface area (TPSA) is 99.7 Å². The van der Waals surface area contributed by atoms with Gasteiger partial charge in [-0.15, -0.1) is 0 Å². The number of rotatable bonds is 9. The molecule has 1 aromatic heterocycles. The number of hydrogen-bond donors (Lipinski definition) is 1. The van der Waals surface area contributed by atoms with Crippen LogP contribution < -0.4 is 14.9 Å². The number of carbonyl (C=O) groups is 1. The molecule has 0 atom stereocenters. The van der Waals surface area contributed by atoms with E-state index >= 15 is 0 Å². The van der Waals surface area contributed by atoms with Gasteiger partial charge in [-0.3, -0.25) is 9.66 Å². The summed E-state index contributed by atoms with van der Waals surface area (Å²) in [5.41, 5.74) is 2.25. The molecule has 3 rings (SSSR count). The third-order valence-corrected chi connectivity index (χ3v) is 6.11. The Hall–Kier alpha value is -2.15. The molecule has 0 bridgehead atoms. The van der Waals surface area contributed by atoms with Gasteiger partial charge in [-0.25, -0.2) is 0 Å². The number of carbonyl (C=O) groups excluding carboxylic acids is 1. The lowest BCUT2D eigenvalue weighted by molar-refractivity contribution is -0.116. The smallest absolute Gasteiger partial charge is 0.382 e. The predicted molar refractivity (Wildman–Crippen MR) is 99.6 cm³/mol. The highest BCUT2D eigenvalue weighted by molar-refractivity contribution is 7.62. The van der Waals surface area contributed by atoms with Gasteiger partial charge in [-0.2, -0.15) is 5.10 Å². The fourth-order valence-corrected chi connectivity index (χ4v) is 4.61. The first-order valence-electron chi connectivity index (χ1n) is 8.84. The van der Waals surface area contributed by atoms with Crippen molar-refractivity contribution in [3.05, 3.63) is 23.9 Å². The zero-order valence-electron chi connectivity index (χ0n) is 15.6. The first-order valence-corrected chi connectivity index (χ1v) is 10.4. The van der Waals surface area contributed by atoms with Crippen molar-refractivity contribution in [2.24, 2.45) is 0 Å². The monoisotopic (exact) mass is 394 g/mol.